The molecule has 0 aliphatic heterocycles. The van der Waals surface area contributed by atoms with Crippen molar-refractivity contribution in [2.45, 2.75) is 6.92 Å². The number of carbonyl (C=O) groups excluding carboxylic acids is 1. The lowest BCUT2D eigenvalue weighted by atomic mass is 10.2. The van der Waals surface area contributed by atoms with Gasteiger partial charge in [-0.1, -0.05) is 23.2 Å². The molecule has 0 aromatic heterocycles. The summed E-state index contributed by atoms with van der Waals surface area (Å²) in [6, 6.07) is 2.13. The summed E-state index contributed by atoms with van der Waals surface area (Å²) in [7, 11) is 0. The first-order chi connectivity index (χ1) is 6.56. The van der Waals surface area contributed by atoms with Gasteiger partial charge in [0.25, 0.3) is 0 Å². The minimum atomic E-state index is -0.662. The van der Waals surface area contributed by atoms with E-state index in [0.29, 0.717) is 0 Å². The summed E-state index contributed by atoms with van der Waals surface area (Å²) >= 11 is 11.1. The van der Waals surface area contributed by atoms with Gasteiger partial charge in [0, 0.05) is 0 Å². The zero-order chi connectivity index (χ0) is 10.7. The number of hydrogen-bond acceptors (Lipinski definition) is 2. The molecule has 1 aromatic rings. The second-order valence-electron chi connectivity index (χ2n) is 2.47. The molecule has 0 saturated heterocycles. The van der Waals surface area contributed by atoms with Crippen molar-refractivity contribution >= 4 is 29.2 Å². The van der Waals surface area contributed by atoms with E-state index in [1.54, 1.807) is 6.92 Å². The van der Waals surface area contributed by atoms with Crippen molar-refractivity contribution in [1.29, 1.82) is 0 Å². The van der Waals surface area contributed by atoms with Crippen LogP contribution in [-0.2, 0) is 4.74 Å². The molecule has 0 atom stereocenters. The number of hydrogen-bond donors (Lipinski definition) is 0. The third kappa shape index (κ3) is 2.36. The fourth-order valence-corrected chi connectivity index (χ4v) is 1.28. The normalized spacial score (nSPS) is 10.0. The van der Waals surface area contributed by atoms with Gasteiger partial charge in [0.2, 0.25) is 0 Å². The average Bonchev–Trinajstić information content (AvgIpc) is 2.11. The minimum Gasteiger partial charge on any atom is -0.462 e. The first-order valence-corrected chi connectivity index (χ1v) is 4.63. The van der Waals surface area contributed by atoms with Crippen LogP contribution in [-0.4, -0.2) is 12.6 Å². The van der Waals surface area contributed by atoms with Crippen LogP contribution >= 0.6 is 23.2 Å². The third-order valence-electron chi connectivity index (χ3n) is 1.51. The third-order valence-corrected chi connectivity index (χ3v) is 2.11. The minimum absolute atomic E-state index is 0.00894. The number of ether oxygens (including phenoxy) is 1. The van der Waals surface area contributed by atoms with Gasteiger partial charge in [-0.2, -0.15) is 0 Å². The fraction of sp³-hybridized carbons (Fsp3) is 0.222. The van der Waals surface area contributed by atoms with Gasteiger partial charge < -0.3 is 4.74 Å². The van der Waals surface area contributed by atoms with E-state index in [0.717, 1.165) is 12.1 Å². The van der Waals surface area contributed by atoms with Gasteiger partial charge in [-0.05, 0) is 19.1 Å². The molecule has 0 unspecified atom stereocenters. The lowest BCUT2D eigenvalue weighted by Gasteiger charge is -2.04. The van der Waals surface area contributed by atoms with Gasteiger partial charge in [-0.15, -0.1) is 0 Å². The highest BCUT2D eigenvalue weighted by Crippen LogP contribution is 2.24. The standard InChI is InChI=1S/C9H7Cl2FO2/c1-2-14-9(13)5-3-7(11)8(12)4-6(5)10/h3-4H,2H2,1H3. The predicted molar refractivity (Wildman–Crippen MR) is 52.4 cm³/mol. The Balaban J connectivity index is 3.09. The Kier molecular flexibility index (Phi) is 3.72. The maximum atomic E-state index is 12.8. The molecule has 0 aliphatic rings. The van der Waals surface area contributed by atoms with Gasteiger partial charge in [0.1, 0.15) is 5.82 Å². The Morgan fingerprint density at radius 1 is 1.43 bits per heavy atom. The molecule has 0 spiro atoms. The van der Waals surface area contributed by atoms with Crippen LogP contribution in [0.4, 0.5) is 4.39 Å². The Morgan fingerprint density at radius 2 is 2.07 bits per heavy atom. The highest BCUT2D eigenvalue weighted by molar-refractivity contribution is 6.35. The number of halogens is 3. The zero-order valence-electron chi connectivity index (χ0n) is 7.31. The SMILES string of the molecule is CCOC(=O)c1cc(Cl)c(F)cc1Cl. The Bertz CT molecular complexity index is 366. The summed E-state index contributed by atoms with van der Waals surface area (Å²) in [4.78, 5) is 11.2. The van der Waals surface area contributed by atoms with E-state index in [2.05, 4.69) is 0 Å². The first-order valence-electron chi connectivity index (χ1n) is 3.88. The first kappa shape index (κ1) is 11.3. The molecule has 14 heavy (non-hydrogen) atoms. The number of esters is 1. The van der Waals surface area contributed by atoms with E-state index < -0.39 is 11.8 Å². The van der Waals surface area contributed by atoms with Crippen LogP contribution < -0.4 is 0 Å². The lowest BCUT2D eigenvalue weighted by molar-refractivity contribution is 0.0526. The largest absolute Gasteiger partial charge is 0.462 e. The predicted octanol–water partition coefficient (Wildman–Crippen LogP) is 3.31. The quantitative estimate of drug-likeness (QED) is 0.582. The van der Waals surface area contributed by atoms with Crippen LogP contribution in [0.3, 0.4) is 0 Å². The maximum Gasteiger partial charge on any atom is 0.339 e. The molecule has 76 valence electrons. The maximum absolute atomic E-state index is 12.8. The summed E-state index contributed by atoms with van der Waals surface area (Å²) in [5.41, 5.74) is 0.0694. The fourth-order valence-electron chi connectivity index (χ4n) is 0.888. The van der Waals surface area contributed by atoms with Crippen LogP contribution in [0.15, 0.2) is 12.1 Å². The lowest BCUT2D eigenvalue weighted by Crippen LogP contribution is -2.05. The van der Waals surface area contributed by atoms with E-state index in [-0.39, 0.29) is 22.2 Å². The monoisotopic (exact) mass is 236 g/mol. The van der Waals surface area contributed by atoms with Crippen molar-refractivity contribution in [3.8, 4) is 0 Å². The van der Waals surface area contributed by atoms with Crippen molar-refractivity contribution < 1.29 is 13.9 Å². The van der Waals surface area contributed by atoms with Crippen LogP contribution in [0.25, 0.3) is 0 Å². The molecule has 5 heteroatoms. The molecule has 2 nitrogen and oxygen atoms in total. The summed E-state index contributed by atoms with van der Waals surface area (Å²) in [6.45, 7) is 1.89. The van der Waals surface area contributed by atoms with E-state index in [4.69, 9.17) is 27.9 Å². The van der Waals surface area contributed by atoms with Gasteiger partial charge in [-0.3, -0.25) is 0 Å². The summed E-state index contributed by atoms with van der Waals surface area (Å²) in [6.07, 6.45) is 0. The van der Waals surface area contributed by atoms with Crippen molar-refractivity contribution in [1.82, 2.24) is 0 Å². The van der Waals surface area contributed by atoms with Gasteiger partial charge in [0.15, 0.2) is 0 Å². The van der Waals surface area contributed by atoms with E-state index in [9.17, 15) is 9.18 Å². The van der Waals surface area contributed by atoms with Gasteiger partial charge >= 0.3 is 5.97 Å². The van der Waals surface area contributed by atoms with Crippen molar-refractivity contribution in [3.63, 3.8) is 0 Å². The number of rotatable bonds is 2. The highest BCUT2D eigenvalue weighted by atomic mass is 35.5. The molecule has 0 bridgehead atoms. The van der Waals surface area contributed by atoms with Crippen LogP contribution in [0.1, 0.15) is 17.3 Å². The number of carbonyl (C=O) groups is 1. The van der Waals surface area contributed by atoms with E-state index >= 15 is 0 Å². The molecule has 0 fully saturated rings. The second kappa shape index (κ2) is 4.62. The van der Waals surface area contributed by atoms with E-state index in [1.807, 2.05) is 0 Å². The molecule has 1 aromatic carbocycles. The van der Waals surface area contributed by atoms with Crippen LogP contribution in [0, 0.1) is 5.82 Å². The molecular formula is C9H7Cl2FO2. The topological polar surface area (TPSA) is 26.3 Å². The highest BCUT2D eigenvalue weighted by Gasteiger charge is 2.14. The Labute approximate surface area is 90.6 Å². The van der Waals surface area contributed by atoms with E-state index in [1.165, 1.54) is 0 Å². The number of benzene rings is 1. The average molecular weight is 237 g/mol. The van der Waals surface area contributed by atoms with Crippen LogP contribution in [0.5, 0.6) is 0 Å². The molecule has 0 N–H and O–H groups in total. The molecular weight excluding hydrogens is 230 g/mol. The summed E-state index contributed by atoms with van der Waals surface area (Å²) in [5, 5.41) is -0.164. The second-order valence-corrected chi connectivity index (χ2v) is 3.28. The molecule has 0 aliphatic carbocycles. The Hall–Kier alpha value is -0.800. The smallest absolute Gasteiger partial charge is 0.339 e. The van der Waals surface area contributed by atoms with Gasteiger partial charge in [0.05, 0.1) is 22.2 Å². The molecule has 0 heterocycles. The molecule has 0 amide bonds. The van der Waals surface area contributed by atoms with Crippen molar-refractivity contribution in [3.05, 3.63) is 33.6 Å². The van der Waals surface area contributed by atoms with Crippen LogP contribution in [0.2, 0.25) is 10.0 Å². The summed E-state index contributed by atoms with van der Waals surface area (Å²) < 4.78 is 17.5. The van der Waals surface area contributed by atoms with Crippen molar-refractivity contribution in [2.24, 2.45) is 0 Å². The molecule has 0 radical (unpaired) electrons. The molecule has 1 rings (SSSR count). The van der Waals surface area contributed by atoms with Crippen molar-refractivity contribution in [2.75, 3.05) is 6.61 Å². The Morgan fingerprint density at radius 3 is 2.64 bits per heavy atom. The van der Waals surface area contributed by atoms with Gasteiger partial charge in [-0.25, -0.2) is 9.18 Å². The summed E-state index contributed by atoms with van der Waals surface area (Å²) in [5.74, 6) is -1.27. The zero-order valence-corrected chi connectivity index (χ0v) is 8.82. The molecule has 0 saturated carbocycles.